The highest BCUT2D eigenvalue weighted by Crippen LogP contribution is 2.28. The molecule has 2 N–H and O–H groups in total. The van der Waals surface area contributed by atoms with Gasteiger partial charge in [0.2, 0.25) is 0 Å². The van der Waals surface area contributed by atoms with Gasteiger partial charge in [0.15, 0.2) is 0 Å². The monoisotopic (exact) mass is 230 g/mol. The summed E-state index contributed by atoms with van der Waals surface area (Å²) in [6.07, 6.45) is 0. The number of benzene rings is 2. The van der Waals surface area contributed by atoms with Gasteiger partial charge in [0, 0.05) is 0 Å². The van der Waals surface area contributed by atoms with Crippen LogP contribution in [0.2, 0.25) is 0 Å². The molecule has 0 aliphatic heterocycles. The molecule has 0 aliphatic carbocycles. The van der Waals surface area contributed by atoms with Crippen LogP contribution in [0.25, 0.3) is 0 Å². The minimum absolute atomic E-state index is 0.0751. The summed E-state index contributed by atoms with van der Waals surface area (Å²) < 4.78 is 5.43. The Labute approximate surface area is 97.7 Å². The summed E-state index contributed by atoms with van der Waals surface area (Å²) in [6.45, 7) is 0. The molecule has 0 bridgehead atoms. The first-order valence-corrected chi connectivity index (χ1v) is 4.96. The van der Waals surface area contributed by atoms with Crippen molar-refractivity contribution in [2.24, 2.45) is 0 Å². The van der Waals surface area contributed by atoms with E-state index in [2.05, 4.69) is 0 Å². The number of phenols is 1. The Morgan fingerprint density at radius 2 is 1.76 bits per heavy atom. The van der Waals surface area contributed by atoms with Crippen LogP contribution in [-0.2, 0) is 0 Å². The summed E-state index contributed by atoms with van der Waals surface area (Å²) >= 11 is 0. The van der Waals surface area contributed by atoms with E-state index in [1.54, 1.807) is 24.3 Å². The number of phenolic OH excluding ortho intramolecular Hbond substituents is 1. The van der Waals surface area contributed by atoms with E-state index in [0.717, 1.165) is 6.07 Å². The Morgan fingerprint density at radius 3 is 2.41 bits per heavy atom. The lowest BCUT2D eigenvalue weighted by molar-refractivity contribution is 0.0693. The number of carboxylic acid groups (broad SMARTS) is 1. The van der Waals surface area contributed by atoms with Gasteiger partial charge in [-0.05, 0) is 30.3 Å². The van der Waals surface area contributed by atoms with Gasteiger partial charge in [-0.3, -0.25) is 0 Å². The van der Waals surface area contributed by atoms with Crippen LogP contribution >= 0.6 is 0 Å². The topological polar surface area (TPSA) is 66.8 Å². The summed E-state index contributed by atoms with van der Waals surface area (Å²) in [5.74, 6) is -0.517. The first-order valence-electron chi connectivity index (χ1n) is 4.96. The van der Waals surface area contributed by atoms with Crippen LogP contribution in [0.1, 0.15) is 10.4 Å². The molecule has 2 aromatic rings. The molecule has 2 rings (SSSR count). The van der Waals surface area contributed by atoms with Gasteiger partial charge in [-0.2, -0.15) is 0 Å². The average Bonchev–Trinajstić information content (AvgIpc) is 2.32. The first kappa shape index (κ1) is 11.0. The zero-order chi connectivity index (χ0) is 12.3. The van der Waals surface area contributed by atoms with Crippen LogP contribution in [0.5, 0.6) is 17.2 Å². The Bertz CT molecular complexity index is 534. The summed E-state index contributed by atoms with van der Waals surface area (Å²) in [5, 5.41) is 18.2. The van der Waals surface area contributed by atoms with Gasteiger partial charge in [-0.25, -0.2) is 4.79 Å². The standard InChI is InChI=1S/C13H10O4/c14-9-6-7-12(11(8-9)13(15)16)17-10-4-2-1-3-5-10/h1-8,14H,(H,15,16). The fourth-order valence-corrected chi connectivity index (χ4v) is 1.39. The second-order valence-corrected chi connectivity index (χ2v) is 3.40. The third-order valence-electron chi connectivity index (χ3n) is 2.16. The Balaban J connectivity index is 2.36. The normalized spacial score (nSPS) is 9.88. The molecule has 0 saturated heterocycles. The minimum atomic E-state index is -1.15. The summed E-state index contributed by atoms with van der Waals surface area (Å²) in [6, 6.07) is 12.8. The molecular weight excluding hydrogens is 220 g/mol. The van der Waals surface area contributed by atoms with Crippen molar-refractivity contribution in [2.45, 2.75) is 0 Å². The van der Waals surface area contributed by atoms with E-state index in [0.29, 0.717) is 5.75 Å². The molecule has 0 atom stereocenters. The maximum atomic E-state index is 11.0. The third kappa shape index (κ3) is 2.55. The van der Waals surface area contributed by atoms with Gasteiger partial charge in [-0.1, -0.05) is 18.2 Å². The highest BCUT2D eigenvalue weighted by Gasteiger charge is 2.12. The van der Waals surface area contributed by atoms with Gasteiger partial charge < -0.3 is 14.9 Å². The summed E-state index contributed by atoms with van der Waals surface area (Å²) in [4.78, 5) is 11.0. The Hall–Kier alpha value is -2.49. The van der Waals surface area contributed by atoms with Crippen molar-refractivity contribution in [1.29, 1.82) is 0 Å². The molecule has 0 aromatic heterocycles. The molecule has 0 amide bonds. The molecule has 0 aliphatic rings. The second kappa shape index (κ2) is 4.57. The predicted molar refractivity (Wildman–Crippen MR) is 61.6 cm³/mol. The number of aromatic hydroxyl groups is 1. The predicted octanol–water partition coefficient (Wildman–Crippen LogP) is 2.88. The van der Waals surface area contributed by atoms with E-state index in [9.17, 15) is 9.90 Å². The van der Waals surface area contributed by atoms with E-state index in [-0.39, 0.29) is 17.1 Å². The van der Waals surface area contributed by atoms with Crippen molar-refractivity contribution in [1.82, 2.24) is 0 Å². The molecule has 0 saturated carbocycles. The zero-order valence-corrected chi connectivity index (χ0v) is 8.83. The van der Waals surface area contributed by atoms with E-state index in [1.165, 1.54) is 12.1 Å². The van der Waals surface area contributed by atoms with Crippen LogP contribution in [0.3, 0.4) is 0 Å². The lowest BCUT2D eigenvalue weighted by Crippen LogP contribution is -1.99. The van der Waals surface area contributed by atoms with Gasteiger partial charge in [-0.15, -0.1) is 0 Å². The maximum absolute atomic E-state index is 11.0. The van der Waals surface area contributed by atoms with Gasteiger partial charge >= 0.3 is 5.97 Å². The smallest absolute Gasteiger partial charge is 0.339 e. The molecule has 0 heterocycles. The number of carboxylic acids is 1. The summed E-state index contributed by atoms with van der Waals surface area (Å²) in [7, 11) is 0. The van der Waals surface area contributed by atoms with Crippen molar-refractivity contribution in [3.8, 4) is 17.2 Å². The van der Waals surface area contributed by atoms with Crippen molar-refractivity contribution < 1.29 is 19.7 Å². The van der Waals surface area contributed by atoms with Crippen molar-refractivity contribution in [3.05, 3.63) is 54.1 Å². The molecule has 4 nitrogen and oxygen atoms in total. The molecule has 0 fully saturated rings. The van der Waals surface area contributed by atoms with Crippen LogP contribution in [0, 0.1) is 0 Å². The van der Waals surface area contributed by atoms with Crippen LogP contribution in [-0.4, -0.2) is 16.2 Å². The zero-order valence-electron chi connectivity index (χ0n) is 8.83. The quantitative estimate of drug-likeness (QED) is 0.850. The molecule has 2 aromatic carbocycles. The molecular formula is C13H10O4. The van der Waals surface area contributed by atoms with Gasteiger partial charge in [0.1, 0.15) is 22.8 Å². The largest absolute Gasteiger partial charge is 0.508 e. The van der Waals surface area contributed by atoms with Crippen molar-refractivity contribution >= 4 is 5.97 Å². The average molecular weight is 230 g/mol. The van der Waals surface area contributed by atoms with Crippen LogP contribution in [0.4, 0.5) is 0 Å². The lowest BCUT2D eigenvalue weighted by Gasteiger charge is -2.08. The molecule has 0 spiro atoms. The van der Waals surface area contributed by atoms with Crippen molar-refractivity contribution in [3.63, 3.8) is 0 Å². The number of rotatable bonds is 3. The number of ether oxygens (including phenoxy) is 1. The van der Waals surface area contributed by atoms with Gasteiger partial charge in [0.25, 0.3) is 0 Å². The molecule has 4 heteroatoms. The number of para-hydroxylation sites is 1. The minimum Gasteiger partial charge on any atom is -0.508 e. The highest BCUT2D eigenvalue weighted by molar-refractivity contribution is 5.91. The molecule has 17 heavy (non-hydrogen) atoms. The van der Waals surface area contributed by atoms with Crippen LogP contribution in [0.15, 0.2) is 48.5 Å². The highest BCUT2D eigenvalue weighted by atomic mass is 16.5. The second-order valence-electron chi connectivity index (χ2n) is 3.40. The fraction of sp³-hybridized carbons (Fsp3) is 0. The molecule has 0 unspecified atom stereocenters. The van der Waals surface area contributed by atoms with E-state index in [1.807, 2.05) is 6.07 Å². The van der Waals surface area contributed by atoms with Crippen molar-refractivity contribution in [2.75, 3.05) is 0 Å². The number of aromatic carboxylic acids is 1. The fourth-order valence-electron chi connectivity index (χ4n) is 1.39. The summed E-state index contributed by atoms with van der Waals surface area (Å²) in [5.41, 5.74) is -0.0751. The van der Waals surface area contributed by atoms with Crippen LogP contribution < -0.4 is 4.74 Å². The third-order valence-corrected chi connectivity index (χ3v) is 2.16. The van der Waals surface area contributed by atoms with E-state index < -0.39 is 5.97 Å². The maximum Gasteiger partial charge on any atom is 0.339 e. The number of hydrogen-bond donors (Lipinski definition) is 2. The number of carbonyl (C=O) groups is 1. The Kier molecular flexibility index (Phi) is 2.96. The lowest BCUT2D eigenvalue weighted by atomic mass is 10.2. The Morgan fingerprint density at radius 1 is 1.06 bits per heavy atom. The number of hydrogen-bond acceptors (Lipinski definition) is 3. The van der Waals surface area contributed by atoms with Gasteiger partial charge in [0.05, 0.1) is 0 Å². The van der Waals surface area contributed by atoms with E-state index >= 15 is 0 Å². The SMILES string of the molecule is O=C(O)c1cc(O)ccc1Oc1ccccc1. The molecule has 86 valence electrons. The molecule has 0 radical (unpaired) electrons. The first-order chi connectivity index (χ1) is 8.16. The van der Waals surface area contributed by atoms with E-state index in [4.69, 9.17) is 9.84 Å².